The molecule has 0 aromatic carbocycles. The molecule has 4 nitrogen and oxygen atoms in total. The second kappa shape index (κ2) is 7.37. The van der Waals surface area contributed by atoms with Gasteiger partial charge in [0.2, 0.25) is 0 Å². The van der Waals surface area contributed by atoms with Crippen molar-refractivity contribution in [1.29, 1.82) is 0 Å². The minimum Gasteiger partial charge on any atom is -0.377 e. The van der Waals surface area contributed by atoms with Gasteiger partial charge < -0.3 is 4.74 Å². The number of hydrogen-bond acceptors (Lipinski definition) is 4. The standard InChI is InChI=1S/C13H23N3O/c1-4-17-13(10(2)3)12(16-14)8-11-6-5-7-15-9-11/h5-7,9-10,12-13,16H,4,8,14H2,1-3H3. The van der Waals surface area contributed by atoms with Gasteiger partial charge in [0.1, 0.15) is 0 Å². The Morgan fingerprint density at radius 2 is 2.24 bits per heavy atom. The molecule has 0 radical (unpaired) electrons. The summed E-state index contributed by atoms with van der Waals surface area (Å²) < 4.78 is 5.77. The number of rotatable bonds is 7. The smallest absolute Gasteiger partial charge is 0.0767 e. The summed E-state index contributed by atoms with van der Waals surface area (Å²) in [5.41, 5.74) is 4.03. The van der Waals surface area contributed by atoms with E-state index in [1.165, 1.54) is 5.56 Å². The molecule has 3 N–H and O–H groups in total. The lowest BCUT2D eigenvalue weighted by Gasteiger charge is -2.29. The zero-order valence-electron chi connectivity index (χ0n) is 10.9. The van der Waals surface area contributed by atoms with Crippen LogP contribution < -0.4 is 11.3 Å². The van der Waals surface area contributed by atoms with Crippen LogP contribution in [0, 0.1) is 5.92 Å². The van der Waals surface area contributed by atoms with E-state index >= 15 is 0 Å². The van der Waals surface area contributed by atoms with Crippen LogP contribution in [0.15, 0.2) is 24.5 Å². The summed E-state index contributed by atoms with van der Waals surface area (Å²) in [4.78, 5) is 4.11. The van der Waals surface area contributed by atoms with Gasteiger partial charge >= 0.3 is 0 Å². The molecule has 0 bridgehead atoms. The fourth-order valence-corrected chi connectivity index (χ4v) is 2.01. The van der Waals surface area contributed by atoms with Crippen molar-refractivity contribution in [2.45, 2.75) is 39.3 Å². The number of ether oxygens (including phenoxy) is 1. The molecular weight excluding hydrogens is 214 g/mol. The quantitative estimate of drug-likeness (QED) is 0.557. The Labute approximate surface area is 104 Å². The monoisotopic (exact) mass is 237 g/mol. The lowest BCUT2D eigenvalue weighted by Crippen LogP contribution is -2.48. The van der Waals surface area contributed by atoms with Crippen molar-refractivity contribution >= 4 is 0 Å². The van der Waals surface area contributed by atoms with Gasteiger partial charge in [0.25, 0.3) is 0 Å². The third-order valence-electron chi connectivity index (χ3n) is 2.81. The molecule has 0 aliphatic heterocycles. The van der Waals surface area contributed by atoms with Gasteiger partial charge in [-0.25, -0.2) is 0 Å². The molecule has 4 heteroatoms. The Balaban J connectivity index is 2.69. The van der Waals surface area contributed by atoms with E-state index in [0.717, 1.165) is 6.42 Å². The predicted molar refractivity (Wildman–Crippen MR) is 69.3 cm³/mol. The number of hydrogen-bond donors (Lipinski definition) is 2. The van der Waals surface area contributed by atoms with Crippen molar-refractivity contribution in [2.75, 3.05) is 6.61 Å². The van der Waals surface area contributed by atoms with Crippen molar-refractivity contribution < 1.29 is 4.74 Å². The van der Waals surface area contributed by atoms with E-state index in [1.54, 1.807) is 6.20 Å². The first-order valence-electron chi connectivity index (χ1n) is 6.15. The van der Waals surface area contributed by atoms with E-state index < -0.39 is 0 Å². The van der Waals surface area contributed by atoms with Gasteiger partial charge in [-0.05, 0) is 30.9 Å². The van der Waals surface area contributed by atoms with Gasteiger partial charge in [0, 0.05) is 19.0 Å². The van der Waals surface area contributed by atoms with E-state index in [0.29, 0.717) is 12.5 Å². The summed E-state index contributed by atoms with van der Waals surface area (Å²) in [7, 11) is 0. The number of pyridine rings is 1. The summed E-state index contributed by atoms with van der Waals surface area (Å²) >= 11 is 0. The molecule has 0 aliphatic carbocycles. The summed E-state index contributed by atoms with van der Waals surface area (Å²) in [5, 5.41) is 0. The van der Waals surface area contributed by atoms with Gasteiger partial charge in [-0.2, -0.15) is 0 Å². The highest BCUT2D eigenvalue weighted by atomic mass is 16.5. The van der Waals surface area contributed by atoms with Crippen LogP contribution >= 0.6 is 0 Å². The van der Waals surface area contributed by atoms with E-state index in [2.05, 4.69) is 30.3 Å². The van der Waals surface area contributed by atoms with Gasteiger partial charge in [0.05, 0.1) is 12.1 Å². The summed E-state index contributed by atoms with van der Waals surface area (Å²) in [6.07, 6.45) is 4.59. The minimum atomic E-state index is 0.110. The maximum Gasteiger partial charge on any atom is 0.0767 e. The molecule has 1 aromatic heterocycles. The van der Waals surface area contributed by atoms with E-state index in [4.69, 9.17) is 10.6 Å². The maximum atomic E-state index is 5.77. The highest BCUT2D eigenvalue weighted by molar-refractivity contribution is 5.10. The second-order valence-electron chi connectivity index (χ2n) is 4.50. The van der Waals surface area contributed by atoms with E-state index in [9.17, 15) is 0 Å². The lowest BCUT2D eigenvalue weighted by atomic mass is 9.95. The molecule has 0 saturated heterocycles. The number of nitrogens with zero attached hydrogens (tertiary/aromatic N) is 1. The van der Waals surface area contributed by atoms with Gasteiger partial charge in [0.15, 0.2) is 0 Å². The summed E-state index contributed by atoms with van der Waals surface area (Å²) in [5.74, 6) is 6.06. The average Bonchev–Trinajstić information content (AvgIpc) is 2.34. The molecule has 1 heterocycles. The molecule has 0 saturated carbocycles. The second-order valence-corrected chi connectivity index (χ2v) is 4.50. The summed E-state index contributed by atoms with van der Waals surface area (Å²) in [6, 6.07) is 4.11. The number of nitrogens with two attached hydrogens (primary N) is 1. The average molecular weight is 237 g/mol. The van der Waals surface area contributed by atoms with Gasteiger partial charge in [-0.3, -0.25) is 16.3 Å². The first-order valence-corrected chi connectivity index (χ1v) is 6.15. The molecule has 2 atom stereocenters. The Hall–Kier alpha value is -0.970. The van der Waals surface area contributed by atoms with Crippen LogP contribution in [0.2, 0.25) is 0 Å². The fourth-order valence-electron chi connectivity index (χ4n) is 2.01. The molecule has 0 amide bonds. The van der Waals surface area contributed by atoms with Gasteiger partial charge in [-0.1, -0.05) is 19.9 Å². The maximum absolute atomic E-state index is 5.77. The van der Waals surface area contributed by atoms with E-state index in [-0.39, 0.29) is 12.1 Å². The van der Waals surface area contributed by atoms with Crippen molar-refractivity contribution in [1.82, 2.24) is 10.4 Å². The molecule has 1 aromatic rings. The Morgan fingerprint density at radius 3 is 2.71 bits per heavy atom. The van der Waals surface area contributed by atoms with Crippen LogP contribution in [0.4, 0.5) is 0 Å². The highest BCUT2D eigenvalue weighted by Gasteiger charge is 2.24. The number of hydrazine groups is 1. The molecule has 17 heavy (non-hydrogen) atoms. The van der Waals surface area contributed by atoms with Crippen LogP contribution in [0.25, 0.3) is 0 Å². The molecule has 0 spiro atoms. The van der Waals surface area contributed by atoms with Crippen LogP contribution in [-0.2, 0) is 11.2 Å². The molecule has 0 fully saturated rings. The first kappa shape index (κ1) is 14.1. The summed E-state index contributed by atoms with van der Waals surface area (Å²) in [6.45, 7) is 7.00. The van der Waals surface area contributed by atoms with Crippen molar-refractivity contribution in [2.24, 2.45) is 11.8 Å². The SMILES string of the molecule is CCOC(C(C)C)C(Cc1cccnc1)NN. The largest absolute Gasteiger partial charge is 0.377 e. The molecule has 0 aliphatic rings. The minimum absolute atomic E-state index is 0.110. The molecular formula is C13H23N3O. The van der Waals surface area contributed by atoms with Gasteiger partial charge in [-0.15, -0.1) is 0 Å². The van der Waals surface area contributed by atoms with Crippen LogP contribution in [0.5, 0.6) is 0 Å². The van der Waals surface area contributed by atoms with Crippen LogP contribution in [-0.4, -0.2) is 23.7 Å². The van der Waals surface area contributed by atoms with Crippen LogP contribution in [0.1, 0.15) is 26.3 Å². The zero-order valence-corrected chi connectivity index (χ0v) is 10.9. The highest BCUT2D eigenvalue weighted by Crippen LogP contribution is 2.14. The van der Waals surface area contributed by atoms with Crippen molar-refractivity contribution in [3.05, 3.63) is 30.1 Å². The molecule has 1 rings (SSSR count). The predicted octanol–water partition coefficient (Wildman–Crippen LogP) is 1.52. The third-order valence-corrected chi connectivity index (χ3v) is 2.81. The van der Waals surface area contributed by atoms with Crippen molar-refractivity contribution in [3.8, 4) is 0 Å². The topological polar surface area (TPSA) is 60.2 Å². The Bertz CT molecular complexity index is 303. The van der Waals surface area contributed by atoms with Crippen molar-refractivity contribution in [3.63, 3.8) is 0 Å². The fraction of sp³-hybridized carbons (Fsp3) is 0.615. The Kier molecular flexibility index (Phi) is 6.11. The normalized spacial score (nSPS) is 14.9. The first-order chi connectivity index (χ1) is 8.19. The molecule has 96 valence electrons. The lowest BCUT2D eigenvalue weighted by molar-refractivity contribution is 0.00354. The zero-order chi connectivity index (χ0) is 12.7. The van der Waals surface area contributed by atoms with E-state index in [1.807, 2.05) is 19.2 Å². The molecule has 2 unspecified atom stereocenters. The van der Waals surface area contributed by atoms with Crippen LogP contribution in [0.3, 0.4) is 0 Å². The third kappa shape index (κ3) is 4.42. The Morgan fingerprint density at radius 1 is 1.47 bits per heavy atom. The number of nitrogens with one attached hydrogen (secondary N) is 1. The number of aromatic nitrogens is 1.